The molecular formula is C27H31ClFN3O4S. The molecule has 2 unspecified atom stereocenters. The maximum absolute atomic E-state index is 13.8. The van der Waals surface area contributed by atoms with Gasteiger partial charge in [0.15, 0.2) is 5.82 Å². The van der Waals surface area contributed by atoms with Gasteiger partial charge in [0.25, 0.3) is 0 Å². The second-order valence-electron chi connectivity index (χ2n) is 9.34. The summed E-state index contributed by atoms with van der Waals surface area (Å²) in [4.78, 5) is 22.3. The number of aliphatic carboxylic acids is 1. The van der Waals surface area contributed by atoms with Crippen molar-refractivity contribution in [3.8, 4) is 5.75 Å². The number of nitrogens with zero attached hydrogens (tertiary/aromatic N) is 3. The number of halogens is 2. The van der Waals surface area contributed by atoms with Crippen molar-refractivity contribution in [2.24, 2.45) is 11.8 Å². The summed E-state index contributed by atoms with van der Waals surface area (Å²) >= 11 is 7.83. The van der Waals surface area contributed by atoms with Gasteiger partial charge in [-0.05, 0) is 68.0 Å². The highest BCUT2D eigenvalue weighted by atomic mass is 35.5. The Morgan fingerprint density at radius 1 is 1.32 bits per heavy atom. The number of aromatic nitrogens is 2. The summed E-state index contributed by atoms with van der Waals surface area (Å²) in [5.74, 6) is 0.326. The van der Waals surface area contributed by atoms with Crippen LogP contribution < -0.4 is 4.74 Å². The second kappa shape index (κ2) is 12.9. The van der Waals surface area contributed by atoms with Crippen LogP contribution in [0.5, 0.6) is 5.75 Å². The number of carbonyl (C=O) groups is 1. The number of hydrogen-bond donors (Lipinski definition) is 2. The van der Waals surface area contributed by atoms with E-state index in [2.05, 4.69) is 14.9 Å². The van der Waals surface area contributed by atoms with E-state index in [0.717, 1.165) is 30.4 Å². The minimum Gasteiger partial charge on any atom is -0.497 e. The lowest BCUT2D eigenvalue weighted by Crippen LogP contribution is -2.42. The van der Waals surface area contributed by atoms with Gasteiger partial charge in [0.05, 0.1) is 23.8 Å². The lowest BCUT2D eigenvalue weighted by molar-refractivity contribution is -0.139. The van der Waals surface area contributed by atoms with Crippen LogP contribution in [-0.2, 0) is 4.79 Å². The van der Waals surface area contributed by atoms with Crippen LogP contribution >= 0.6 is 23.4 Å². The van der Waals surface area contributed by atoms with E-state index >= 15 is 0 Å². The number of aliphatic hydroxyl groups excluding tert-OH is 1. The molecule has 1 aromatic carbocycles. The molecule has 0 radical (unpaired) electrons. The summed E-state index contributed by atoms with van der Waals surface area (Å²) in [6, 6.07) is 8.44. The number of thioether (sulfide) groups is 1. The van der Waals surface area contributed by atoms with Crippen molar-refractivity contribution < 1.29 is 24.1 Å². The van der Waals surface area contributed by atoms with Crippen LogP contribution in [0.4, 0.5) is 4.39 Å². The summed E-state index contributed by atoms with van der Waals surface area (Å²) in [7, 11) is 1.58. The Labute approximate surface area is 225 Å². The largest absolute Gasteiger partial charge is 0.497 e. The normalized spacial score (nSPS) is 19.1. The number of ether oxygens (including phenoxy) is 1. The van der Waals surface area contributed by atoms with Gasteiger partial charge in [-0.25, -0.2) is 9.37 Å². The third-order valence-electron chi connectivity index (χ3n) is 7.00. The average Bonchev–Trinajstić information content (AvgIpc) is 2.88. The van der Waals surface area contributed by atoms with Crippen molar-refractivity contribution in [1.29, 1.82) is 0 Å². The predicted octanol–water partition coefficient (Wildman–Crippen LogP) is 5.45. The number of carboxylic acids is 1. The molecule has 4 rings (SSSR count). The molecule has 3 aromatic rings. The molecule has 0 bridgehead atoms. The number of likely N-dealkylation sites (tertiary alicyclic amines) is 1. The molecular weight excluding hydrogens is 517 g/mol. The Bertz CT molecular complexity index is 1230. The van der Waals surface area contributed by atoms with E-state index in [1.807, 2.05) is 18.2 Å². The van der Waals surface area contributed by atoms with E-state index in [1.165, 1.54) is 17.8 Å². The van der Waals surface area contributed by atoms with Gasteiger partial charge < -0.3 is 19.8 Å². The van der Waals surface area contributed by atoms with Crippen molar-refractivity contribution >= 4 is 40.2 Å². The fraction of sp³-hybridized carbons (Fsp3) is 0.444. The van der Waals surface area contributed by atoms with E-state index in [-0.39, 0.29) is 24.1 Å². The number of benzene rings is 1. The van der Waals surface area contributed by atoms with Gasteiger partial charge >= 0.3 is 5.97 Å². The first kappa shape index (κ1) is 27.6. The zero-order valence-corrected chi connectivity index (χ0v) is 22.2. The highest BCUT2D eigenvalue weighted by Gasteiger charge is 2.31. The Kier molecular flexibility index (Phi) is 9.59. The molecule has 1 fully saturated rings. The topological polar surface area (TPSA) is 95.8 Å². The zero-order chi connectivity index (χ0) is 26.4. The highest BCUT2D eigenvalue weighted by Crippen LogP contribution is 2.37. The van der Waals surface area contributed by atoms with E-state index in [4.69, 9.17) is 16.3 Å². The van der Waals surface area contributed by atoms with Crippen LogP contribution in [0, 0.1) is 17.7 Å². The van der Waals surface area contributed by atoms with Crippen molar-refractivity contribution in [3.05, 3.63) is 59.1 Å². The lowest BCUT2D eigenvalue weighted by Gasteiger charge is -2.38. The van der Waals surface area contributed by atoms with Gasteiger partial charge in [-0.1, -0.05) is 11.6 Å². The van der Waals surface area contributed by atoms with E-state index in [0.29, 0.717) is 46.5 Å². The second-order valence-corrected chi connectivity index (χ2v) is 10.8. The first-order valence-corrected chi connectivity index (χ1v) is 13.7. The van der Waals surface area contributed by atoms with Crippen molar-refractivity contribution in [2.75, 3.05) is 32.5 Å². The summed E-state index contributed by atoms with van der Waals surface area (Å²) in [5, 5.41) is 22.2. The molecule has 0 aliphatic carbocycles. The molecule has 1 saturated heterocycles. The zero-order valence-electron chi connectivity index (χ0n) is 20.6. The van der Waals surface area contributed by atoms with Crippen molar-refractivity contribution in [2.45, 2.75) is 36.8 Å². The number of hydrogen-bond acceptors (Lipinski definition) is 7. The third kappa shape index (κ3) is 7.10. The van der Waals surface area contributed by atoms with Crippen LogP contribution in [-0.4, -0.2) is 63.5 Å². The Morgan fingerprint density at radius 2 is 2.16 bits per heavy atom. The van der Waals surface area contributed by atoms with E-state index in [9.17, 15) is 19.4 Å². The van der Waals surface area contributed by atoms with Gasteiger partial charge in [-0.3, -0.25) is 9.78 Å². The quantitative estimate of drug-likeness (QED) is 0.306. The predicted molar refractivity (Wildman–Crippen MR) is 143 cm³/mol. The molecule has 1 aliphatic heterocycles. The van der Waals surface area contributed by atoms with Gasteiger partial charge in [0.2, 0.25) is 0 Å². The van der Waals surface area contributed by atoms with Crippen LogP contribution in [0.15, 0.2) is 47.8 Å². The van der Waals surface area contributed by atoms with Gasteiger partial charge in [-0.2, -0.15) is 0 Å². The Balaban J connectivity index is 1.38. The van der Waals surface area contributed by atoms with Crippen molar-refractivity contribution in [3.63, 3.8) is 0 Å². The third-order valence-corrected chi connectivity index (χ3v) is 8.26. The molecule has 2 N–H and O–H groups in total. The SMILES string of the molecule is COc1ccc2ncc(Cl)c([C@H](O)CCC3CCN(CCSc4ncccc4F)CC3CC(=O)O)c2c1. The maximum Gasteiger partial charge on any atom is 0.303 e. The fourth-order valence-corrected chi connectivity index (χ4v) is 6.25. The van der Waals surface area contributed by atoms with Crippen LogP contribution in [0.1, 0.15) is 37.4 Å². The molecule has 0 amide bonds. The number of aliphatic hydroxyl groups is 1. The fourth-order valence-electron chi connectivity index (χ4n) is 5.09. The summed E-state index contributed by atoms with van der Waals surface area (Å²) in [6.45, 7) is 2.22. The number of methoxy groups -OCH3 is 1. The number of carboxylic acid groups (broad SMARTS) is 1. The minimum atomic E-state index is -0.822. The van der Waals surface area contributed by atoms with Crippen molar-refractivity contribution in [1.82, 2.24) is 14.9 Å². The Morgan fingerprint density at radius 3 is 2.92 bits per heavy atom. The average molecular weight is 548 g/mol. The molecule has 10 heteroatoms. The maximum atomic E-state index is 13.8. The molecule has 198 valence electrons. The van der Waals surface area contributed by atoms with Gasteiger partial charge in [0.1, 0.15) is 10.8 Å². The van der Waals surface area contributed by atoms with Crippen LogP contribution in [0.25, 0.3) is 10.9 Å². The first-order valence-electron chi connectivity index (χ1n) is 12.3. The number of piperidine rings is 1. The summed E-state index contributed by atoms with van der Waals surface area (Å²) < 4.78 is 19.2. The lowest BCUT2D eigenvalue weighted by atomic mass is 9.79. The molecule has 3 atom stereocenters. The molecule has 2 aromatic heterocycles. The van der Waals surface area contributed by atoms with Gasteiger partial charge in [0, 0.05) is 48.6 Å². The summed E-state index contributed by atoms with van der Waals surface area (Å²) in [5.41, 5.74) is 1.34. The van der Waals surface area contributed by atoms with Gasteiger partial charge in [-0.15, -0.1) is 11.8 Å². The molecule has 0 saturated carbocycles. The Hall–Kier alpha value is -2.46. The summed E-state index contributed by atoms with van der Waals surface area (Å²) in [6.07, 6.45) is 4.39. The van der Waals surface area contributed by atoms with E-state index < -0.39 is 12.1 Å². The number of pyridine rings is 2. The molecule has 7 nitrogen and oxygen atoms in total. The molecule has 0 spiro atoms. The standard InChI is InChI=1S/C27H31ClFN3O4S/c1-36-19-5-6-23-20(14-19)26(21(28)15-31-23)24(33)7-4-17-8-10-32(16-18(17)13-25(34)35)11-12-37-27-22(29)3-2-9-30-27/h2-3,5-6,9,14-15,17-18,24,33H,4,7-8,10-13,16H2,1H3,(H,34,35)/t17?,18?,24-/m1/s1. The first-order chi connectivity index (χ1) is 17.9. The monoisotopic (exact) mass is 547 g/mol. The number of fused-ring (bicyclic) bond motifs is 1. The number of rotatable bonds is 11. The smallest absolute Gasteiger partial charge is 0.303 e. The molecule has 37 heavy (non-hydrogen) atoms. The molecule has 1 aliphatic rings. The highest BCUT2D eigenvalue weighted by molar-refractivity contribution is 7.99. The molecule has 3 heterocycles. The van der Waals surface area contributed by atoms with Crippen LogP contribution in [0.2, 0.25) is 5.02 Å². The van der Waals surface area contributed by atoms with E-state index in [1.54, 1.807) is 25.6 Å². The minimum absolute atomic E-state index is 0.0280. The van der Waals surface area contributed by atoms with Crippen LogP contribution in [0.3, 0.4) is 0 Å².